The summed E-state index contributed by atoms with van der Waals surface area (Å²) in [7, 11) is 1.63. The summed E-state index contributed by atoms with van der Waals surface area (Å²) in [6.07, 6.45) is 8.95. The van der Waals surface area contributed by atoms with Crippen molar-refractivity contribution in [2.75, 3.05) is 18.2 Å². The summed E-state index contributed by atoms with van der Waals surface area (Å²) in [5.74, 6) is 0.846. The zero-order chi connectivity index (χ0) is 20.9. The van der Waals surface area contributed by atoms with Crippen molar-refractivity contribution in [2.45, 2.75) is 37.3 Å². The first-order valence-corrected chi connectivity index (χ1v) is 11.6. The van der Waals surface area contributed by atoms with E-state index in [9.17, 15) is 10.1 Å². The maximum atomic E-state index is 12.6. The van der Waals surface area contributed by atoms with Gasteiger partial charge in [0.1, 0.15) is 16.8 Å². The van der Waals surface area contributed by atoms with Crippen molar-refractivity contribution >= 4 is 34.0 Å². The minimum absolute atomic E-state index is 0.131. The Balaban J connectivity index is 1.44. The lowest BCUT2D eigenvalue weighted by Gasteiger charge is -2.09. The van der Waals surface area contributed by atoms with Crippen LogP contribution in [0.5, 0.6) is 5.75 Å². The predicted molar refractivity (Wildman–Crippen MR) is 120 cm³/mol. The summed E-state index contributed by atoms with van der Waals surface area (Å²) in [4.78, 5) is 18.2. The number of hydrogen-bond donors (Lipinski definition) is 1. The summed E-state index contributed by atoms with van der Waals surface area (Å²) in [6.45, 7) is 0. The first kappa shape index (κ1) is 20.5. The molecule has 154 valence electrons. The Morgan fingerprint density at radius 3 is 3.07 bits per heavy atom. The molecular weight excluding hydrogens is 416 g/mol. The van der Waals surface area contributed by atoms with Gasteiger partial charge < -0.3 is 10.1 Å². The molecular formula is C22H22N4O2S2. The van der Waals surface area contributed by atoms with Gasteiger partial charge >= 0.3 is 0 Å². The molecule has 30 heavy (non-hydrogen) atoms. The molecule has 1 N–H and O–H groups in total. The minimum Gasteiger partial charge on any atom is -0.497 e. The van der Waals surface area contributed by atoms with E-state index in [1.165, 1.54) is 23.1 Å². The standard InChI is InChI=1S/C22H22N4O2S2/c1-28-16-7-5-6-15(12-16)26-11-10-24-22(26)29-14-20(27)25-21-18(13-23)17-8-3-2-4-9-19(17)30-21/h5-7,10-12H,2-4,8-9,14H2,1H3,(H,25,27). The van der Waals surface area contributed by atoms with Crippen molar-refractivity contribution in [3.05, 3.63) is 52.7 Å². The molecule has 0 bridgehead atoms. The van der Waals surface area contributed by atoms with Crippen LogP contribution in [0.2, 0.25) is 0 Å². The van der Waals surface area contributed by atoms with Gasteiger partial charge in [-0.25, -0.2) is 4.98 Å². The van der Waals surface area contributed by atoms with E-state index >= 15 is 0 Å². The minimum atomic E-state index is -0.131. The van der Waals surface area contributed by atoms with E-state index in [4.69, 9.17) is 4.74 Å². The highest BCUT2D eigenvalue weighted by Crippen LogP contribution is 2.37. The van der Waals surface area contributed by atoms with Gasteiger partial charge in [-0.05, 0) is 43.4 Å². The van der Waals surface area contributed by atoms with Crippen LogP contribution in [0.1, 0.15) is 35.3 Å². The number of nitriles is 1. The van der Waals surface area contributed by atoms with Gasteiger partial charge in [-0.1, -0.05) is 24.2 Å². The van der Waals surface area contributed by atoms with Crippen molar-refractivity contribution in [1.29, 1.82) is 5.26 Å². The number of hydrogen-bond acceptors (Lipinski definition) is 6. The second-order valence-corrected chi connectivity index (χ2v) is 9.05. The van der Waals surface area contributed by atoms with Gasteiger partial charge in [-0.3, -0.25) is 9.36 Å². The van der Waals surface area contributed by atoms with Crippen molar-refractivity contribution in [1.82, 2.24) is 9.55 Å². The molecule has 0 radical (unpaired) electrons. The van der Waals surface area contributed by atoms with Crippen molar-refractivity contribution < 1.29 is 9.53 Å². The normalized spacial score (nSPS) is 13.2. The fourth-order valence-corrected chi connectivity index (χ4v) is 5.62. The molecule has 1 aliphatic carbocycles. The van der Waals surface area contributed by atoms with Gasteiger partial charge in [0.2, 0.25) is 5.91 Å². The number of aromatic nitrogens is 2. The first-order valence-electron chi connectivity index (χ1n) is 9.84. The second kappa shape index (κ2) is 9.37. The number of rotatable bonds is 6. The van der Waals surface area contributed by atoms with Gasteiger partial charge in [0.25, 0.3) is 0 Å². The molecule has 8 heteroatoms. The van der Waals surface area contributed by atoms with Crippen LogP contribution in [0.15, 0.2) is 41.8 Å². The molecule has 0 atom stereocenters. The van der Waals surface area contributed by atoms with Crippen LogP contribution in [0.25, 0.3) is 5.69 Å². The van der Waals surface area contributed by atoms with Crippen molar-refractivity contribution in [2.24, 2.45) is 0 Å². The number of carbonyl (C=O) groups is 1. The lowest BCUT2D eigenvalue weighted by atomic mass is 10.1. The van der Waals surface area contributed by atoms with Crippen LogP contribution in [0.3, 0.4) is 0 Å². The summed E-state index contributed by atoms with van der Waals surface area (Å²) in [5.41, 5.74) is 2.70. The van der Waals surface area contributed by atoms with E-state index in [1.54, 1.807) is 24.6 Å². The molecule has 3 aromatic rings. The highest BCUT2D eigenvalue weighted by molar-refractivity contribution is 7.99. The fraction of sp³-hybridized carbons (Fsp3) is 0.318. The van der Waals surface area contributed by atoms with Crippen LogP contribution in [-0.4, -0.2) is 28.3 Å². The van der Waals surface area contributed by atoms with E-state index in [0.717, 1.165) is 47.8 Å². The largest absolute Gasteiger partial charge is 0.497 e. The lowest BCUT2D eigenvalue weighted by Crippen LogP contribution is -2.14. The third-order valence-corrected chi connectivity index (χ3v) is 7.23. The Labute approximate surface area is 183 Å². The number of thiophene rings is 1. The average Bonchev–Trinajstić information content (AvgIpc) is 3.29. The Morgan fingerprint density at radius 1 is 1.37 bits per heavy atom. The SMILES string of the molecule is COc1cccc(-n2ccnc2SCC(=O)Nc2sc3c(c2C#N)CCCCC3)c1. The third-order valence-electron chi connectivity index (χ3n) is 5.06. The highest BCUT2D eigenvalue weighted by Gasteiger charge is 2.21. The second-order valence-electron chi connectivity index (χ2n) is 7.00. The van der Waals surface area contributed by atoms with Crippen LogP contribution in [-0.2, 0) is 17.6 Å². The molecule has 4 rings (SSSR count). The van der Waals surface area contributed by atoms with E-state index < -0.39 is 0 Å². The number of imidazole rings is 1. The molecule has 0 saturated heterocycles. The van der Waals surface area contributed by atoms with Crippen LogP contribution in [0.4, 0.5) is 5.00 Å². The smallest absolute Gasteiger partial charge is 0.235 e. The van der Waals surface area contributed by atoms with E-state index in [0.29, 0.717) is 10.6 Å². The maximum Gasteiger partial charge on any atom is 0.235 e. The number of nitrogens with zero attached hydrogens (tertiary/aromatic N) is 3. The summed E-state index contributed by atoms with van der Waals surface area (Å²) in [6, 6.07) is 9.99. The quantitative estimate of drug-likeness (QED) is 0.441. The van der Waals surface area contributed by atoms with Crippen LogP contribution >= 0.6 is 23.1 Å². The zero-order valence-electron chi connectivity index (χ0n) is 16.7. The molecule has 6 nitrogen and oxygen atoms in total. The van der Waals surface area contributed by atoms with Crippen LogP contribution < -0.4 is 10.1 Å². The zero-order valence-corrected chi connectivity index (χ0v) is 18.3. The number of ether oxygens (including phenoxy) is 1. The Bertz CT molecular complexity index is 1100. The number of nitrogens with one attached hydrogen (secondary N) is 1. The molecule has 0 spiro atoms. The number of benzene rings is 1. The molecule has 0 aliphatic heterocycles. The van der Waals surface area contributed by atoms with Crippen molar-refractivity contribution in [3.63, 3.8) is 0 Å². The fourth-order valence-electron chi connectivity index (χ4n) is 3.60. The molecule has 2 aromatic heterocycles. The van der Waals surface area contributed by atoms with E-state index in [1.807, 2.05) is 35.0 Å². The molecule has 0 unspecified atom stereocenters. The number of thioether (sulfide) groups is 1. The number of anilines is 1. The third kappa shape index (κ3) is 4.37. The monoisotopic (exact) mass is 438 g/mol. The molecule has 1 amide bonds. The molecule has 1 aliphatic rings. The number of carbonyl (C=O) groups excluding carboxylic acids is 1. The Kier molecular flexibility index (Phi) is 6.41. The van der Waals surface area contributed by atoms with E-state index in [-0.39, 0.29) is 11.7 Å². The van der Waals surface area contributed by atoms with Gasteiger partial charge in [-0.15, -0.1) is 11.3 Å². The molecule has 1 aromatic carbocycles. The molecule has 0 saturated carbocycles. The van der Waals surface area contributed by atoms with Gasteiger partial charge in [-0.2, -0.15) is 5.26 Å². The van der Waals surface area contributed by atoms with Crippen LogP contribution in [0, 0.1) is 11.3 Å². The van der Waals surface area contributed by atoms with Gasteiger partial charge in [0, 0.05) is 23.3 Å². The number of methoxy groups -OCH3 is 1. The maximum absolute atomic E-state index is 12.6. The average molecular weight is 439 g/mol. The Hall–Kier alpha value is -2.76. The van der Waals surface area contributed by atoms with Gasteiger partial charge in [0.05, 0.1) is 24.1 Å². The number of fused-ring (bicyclic) bond motifs is 1. The number of aryl methyl sites for hydroxylation is 1. The lowest BCUT2D eigenvalue weighted by molar-refractivity contribution is -0.113. The molecule has 0 fully saturated rings. The number of amides is 1. The van der Waals surface area contributed by atoms with E-state index in [2.05, 4.69) is 16.4 Å². The van der Waals surface area contributed by atoms with Gasteiger partial charge in [0.15, 0.2) is 5.16 Å². The highest BCUT2D eigenvalue weighted by atomic mass is 32.2. The first-order chi connectivity index (χ1) is 14.7. The van der Waals surface area contributed by atoms with Crippen molar-refractivity contribution in [3.8, 4) is 17.5 Å². The predicted octanol–water partition coefficient (Wildman–Crippen LogP) is 4.81. The Morgan fingerprint density at radius 2 is 2.23 bits per heavy atom. The molecule has 2 heterocycles. The summed E-state index contributed by atoms with van der Waals surface area (Å²) in [5, 5.41) is 14.0. The topological polar surface area (TPSA) is 79.9 Å². The summed E-state index contributed by atoms with van der Waals surface area (Å²) < 4.78 is 7.22. The summed E-state index contributed by atoms with van der Waals surface area (Å²) >= 11 is 2.92.